The Morgan fingerprint density at radius 1 is 1.29 bits per heavy atom. The highest BCUT2D eigenvalue weighted by molar-refractivity contribution is 7.89. The van der Waals surface area contributed by atoms with E-state index in [0.717, 1.165) is 12.0 Å². The number of benzene rings is 1. The zero-order chi connectivity index (χ0) is 21.9. The van der Waals surface area contributed by atoms with Gasteiger partial charge in [0.25, 0.3) is 0 Å². The van der Waals surface area contributed by atoms with Gasteiger partial charge in [-0.1, -0.05) is 6.07 Å². The molecule has 3 fully saturated rings. The van der Waals surface area contributed by atoms with Crippen molar-refractivity contribution in [3.63, 3.8) is 0 Å². The fourth-order valence-electron chi connectivity index (χ4n) is 4.80. The number of aromatic nitrogens is 4. The van der Waals surface area contributed by atoms with E-state index < -0.39 is 15.6 Å². The third-order valence-electron chi connectivity index (χ3n) is 6.32. The molecule has 0 amide bonds. The minimum Gasteiger partial charge on any atom is -0.381 e. The molecule has 2 aromatic heterocycles. The fourth-order valence-corrected chi connectivity index (χ4v) is 6.26. The van der Waals surface area contributed by atoms with Crippen LogP contribution in [0.15, 0.2) is 47.8 Å². The predicted molar refractivity (Wildman–Crippen MR) is 113 cm³/mol. The SMILES string of the molecule is Cc1ccc(S(=O)(=O)NC23CCC(C#N)(C2)C3)cc1-c1cnc(N)c(-n2cccn2)n1. The van der Waals surface area contributed by atoms with Crippen molar-refractivity contribution in [1.82, 2.24) is 24.5 Å². The fraction of sp³-hybridized carbons (Fsp3) is 0.333. The maximum Gasteiger partial charge on any atom is 0.241 e. The van der Waals surface area contributed by atoms with Gasteiger partial charge in [0.2, 0.25) is 10.0 Å². The van der Waals surface area contributed by atoms with Crippen LogP contribution in [0.5, 0.6) is 0 Å². The van der Waals surface area contributed by atoms with Crippen LogP contribution in [0, 0.1) is 23.7 Å². The predicted octanol–water partition coefficient (Wildman–Crippen LogP) is 2.33. The van der Waals surface area contributed by atoms with Crippen molar-refractivity contribution in [2.45, 2.75) is 43.0 Å². The molecular formula is C21H21N7O2S. The maximum absolute atomic E-state index is 13.1. The van der Waals surface area contributed by atoms with Crippen LogP contribution in [-0.2, 0) is 10.0 Å². The van der Waals surface area contributed by atoms with Gasteiger partial charge in [0.15, 0.2) is 11.6 Å². The minimum absolute atomic E-state index is 0.156. The highest BCUT2D eigenvalue weighted by Crippen LogP contribution is 2.61. The molecule has 3 aliphatic rings. The number of hydrogen-bond donors (Lipinski definition) is 2. The first-order chi connectivity index (χ1) is 14.7. The van der Waals surface area contributed by atoms with Crippen molar-refractivity contribution in [2.24, 2.45) is 5.41 Å². The van der Waals surface area contributed by atoms with Gasteiger partial charge < -0.3 is 5.73 Å². The Balaban J connectivity index is 1.49. The molecule has 3 aromatic rings. The van der Waals surface area contributed by atoms with E-state index in [1.807, 2.05) is 6.92 Å². The molecule has 0 unspecified atom stereocenters. The van der Waals surface area contributed by atoms with E-state index in [9.17, 15) is 13.7 Å². The van der Waals surface area contributed by atoms with Crippen LogP contribution < -0.4 is 10.5 Å². The van der Waals surface area contributed by atoms with Crippen LogP contribution in [0.3, 0.4) is 0 Å². The molecule has 3 N–H and O–H groups in total. The molecule has 0 saturated heterocycles. The van der Waals surface area contributed by atoms with E-state index in [2.05, 4.69) is 25.9 Å². The van der Waals surface area contributed by atoms with E-state index in [4.69, 9.17) is 5.73 Å². The van der Waals surface area contributed by atoms with Gasteiger partial charge in [0.1, 0.15) is 0 Å². The number of fused-ring (bicyclic) bond motifs is 1. The van der Waals surface area contributed by atoms with Crippen molar-refractivity contribution in [2.75, 3.05) is 5.73 Å². The van der Waals surface area contributed by atoms with E-state index >= 15 is 0 Å². The third-order valence-corrected chi connectivity index (χ3v) is 7.90. The highest BCUT2D eigenvalue weighted by atomic mass is 32.2. The average molecular weight is 436 g/mol. The molecule has 3 saturated carbocycles. The first-order valence-corrected chi connectivity index (χ1v) is 11.4. The quantitative estimate of drug-likeness (QED) is 0.627. The lowest BCUT2D eigenvalue weighted by Crippen LogP contribution is -2.55. The number of rotatable bonds is 5. The Hall–Kier alpha value is -3.29. The number of aryl methyl sites for hydroxylation is 1. The van der Waals surface area contributed by atoms with Gasteiger partial charge >= 0.3 is 0 Å². The molecule has 6 rings (SSSR count). The first kappa shape index (κ1) is 19.7. The van der Waals surface area contributed by atoms with Crippen molar-refractivity contribution in [3.8, 4) is 23.1 Å². The van der Waals surface area contributed by atoms with Gasteiger partial charge in [0, 0.05) is 23.5 Å². The topological polar surface area (TPSA) is 140 Å². The Kier molecular flexibility index (Phi) is 4.19. The molecule has 0 radical (unpaired) electrons. The summed E-state index contributed by atoms with van der Waals surface area (Å²) >= 11 is 0. The lowest BCUT2D eigenvalue weighted by Gasteiger charge is -2.43. The summed E-state index contributed by atoms with van der Waals surface area (Å²) in [6.07, 6.45) is 7.43. The van der Waals surface area contributed by atoms with Crippen molar-refractivity contribution < 1.29 is 8.42 Å². The number of nitrogens with one attached hydrogen (secondary N) is 1. The van der Waals surface area contributed by atoms with Crippen LogP contribution in [0.4, 0.5) is 5.82 Å². The van der Waals surface area contributed by atoms with Crippen LogP contribution in [-0.4, -0.2) is 33.7 Å². The Morgan fingerprint density at radius 3 is 2.77 bits per heavy atom. The molecule has 0 atom stereocenters. The van der Waals surface area contributed by atoms with Gasteiger partial charge in [-0.05, 0) is 56.4 Å². The standard InChI is InChI=1S/C21H21N7O2S/c1-14-3-4-15(31(29,30)27-21-6-5-20(11-21,12-21)13-22)9-16(14)17-10-24-18(23)19(26-17)28-8-2-7-25-28/h2-4,7-10,27H,5-6,11-12H2,1H3,(H2,23,24). The summed E-state index contributed by atoms with van der Waals surface area (Å²) < 4.78 is 30.7. The normalized spacial score (nSPS) is 24.5. The maximum atomic E-state index is 13.1. The van der Waals surface area contributed by atoms with Crippen LogP contribution in [0.2, 0.25) is 0 Å². The lowest BCUT2D eigenvalue weighted by molar-refractivity contribution is 0.161. The largest absolute Gasteiger partial charge is 0.381 e. The second-order valence-corrected chi connectivity index (χ2v) is 10.2. The molecule has 9 nitrogen and oxygen atoms in total. The Bertz CT molecular complexity index is 1320. The van der Waals surface area contributed by atoms with Gasteiger partial charge in [-0.15, -0.1) is 0 Å². The zero-order valence-corrected chi connectivity index (χ0v) is 17.7. The van der Waals surface area contributed by atoms with E-state index in [1.54, 1.807) is 36.7 Å². The molecule has 2 bridgehead atoms. The van der Waals surface area contributed by atoms with E-state index in [1.165, 1.54) is 10.9 Å². The van der Waals surface area contributed by atoms with Crippen LogP contribution >= 0.6 is 0 Å². The molecule has 31 heavy (non-hydrogen) atoms. The number of nitrogens with zero attached hydrogens (tertiary/aromatic N) is 5. The summed E-state index contributed by atoms with van der Waals surface area (Å²) in [6, 6.07) is 9.04. The van der Waals surface area contributed by atoms with Gasteiger partial charge in [-0.25, -0.2) is 27.8 Å². The Labute approximate surface area is 180 Å². The van der Waals surface area contributed by atoms with Crippen molar-refractivity contribution in [1.29, 1.82) is 5.26 Å². The monoisotopic (exact) mass is 435 g/mol. The summed E-state index contributed by atoms with van der Waals surface area (Å²) in [7, 11) is -3.76. The molecule has 10 heteroatoms. The lowest BCUT2D eigenvalue weighted by atomic mass is 9.66. The molecule has 1 aromatic carbocycles. The second-order valence-electron chi connectivity index (χ2n) is 8.52. The summed E-state index contributed by atoms with van der Waals surface area (Å²) in [5.74, 6) is 0.599. The van der Waals surface area contributed by atoms with E-state index in [-0.39, 0.29) is 16.1 Å². The molecule has 158 valence electrons. The van der Waals surface area contributed by atoms with Gasteiger partial charge in [-0.3, -0.25) is 0 Å². The minimum atomic E-state index is -3.76. The summed E-state index contributed by atoms with van der Waals surface area (Å²) in [5.41, 5.74) is 7.10. The molecule has 0 aliphatic heterocycles. The number of sulfonamides is 1. The van der Waals surface area contributed by atoms with Gasteiger partial charge in [-0.2, -0.15) is 10.4 Å². The molecule has 2 heterocycles. The van der Waals surface area contributed by atoms with Gasteiger partial charge in [0.05, 0.1) is 28.3 Å². The summed E-state index contributed by atoms with van der Waals surface area (Å²) in [5, 5.41) is 13.5. The third kappa shape index (κ3) is 3.17. The van der Waals surface area contributed by atoms with E-state index in [0.29, 0.717) is 36.3 Å². The summed E-state index contributed by atoms with van der Waals surface area (Å²) in [6.45, 7) is 1.88. The highest BCUT2D eigenvalue weighted by Gasteiger charge is 2.62. The first-order valence-electron chi connectivity index (χ1n) is 9.94. The number of anilines is 1. The summed E-state index contributed by atoms with van der Waals surface area (Å²) in [4.78, 5) is 8.95. The zero-order valence-electron chi connectivity index (χ0n) is 16.9. The molecule has 3 aliphatic carbocycles. The smallest absolute Gasteiger partial charge is 0.241 e. The van der Waals surface area contributed by atoms with Crippen molar-refractivity contribution >= 4 is 15.8 Å². The number of nitriles is 1. The van der Waals surface area contributed by atoms with Crippen molar-refractivity contribution in [3.05, 3.63) is 48.4 Å². The average Bonchev–Trinajstić information content (AvgIpc) is 3.44. The number of nitrogen functional groups attached to an aromatic ring is 1. The number of nitrogens with two attached hydrogens (primary N) is 1. The molecular weight excluding hydrogens is 414 g/mol. The molecule has 0 spiro atoms. The second kappa shape index (κ2) is 6.60. The van der Waals surface area contributed by atoms with Crippen LogP contribution in [0.25, 0.3) is 17.1 Å². The Morgan fingerprint density at radius 2 is 2.10 bits per heavy atom. The van der Waals surface area contributed by atoms with Crippen LogP contribution in [0.1, 0.15) is 31.2 Å². The number of hydrogen-bond acceptors (Lipinski definition) is 7.